The predicted molar refractivity (Wildman–Crippen MR) is 109 cm³/mol. The summed E-state index contributed by atoms with van der Waals surface area (Å²) in [6, 6.07) is 11.8. The number of rotatable bonds is 5. The molecule has 2 aliphatic rings. The number of nitrogens with zero attached hydrogens (tertiary/aromatic N) is 3. The molecule has 0 saturated heterocycles. The van der Waals surface area contributed by atoms with E-state index >= 15 is 0 Å². The van der Waals surface area contributed by atoms with Gasteiger partial charge in [0, 0.05) is 48.9 Å². The lowest BCUT2D eigenvalue weighted by atomic mass is 10.0. The first-order chi connectivity index (χ1) is 15.1. The summed E-state index contributed by atoms with van der Waals surface area (Å²) in [5, 5.41) is 4.58. The van der Waals surface area contributed by atoms with Crippen LogP contribution < -0.4 is 9.47 Å². The Morgan fingerprint density at radius 3 is 2.87 bits per heavy atom. The third kappa shape index (κ3) is 3.74. The average Bonchev–Trinajstić information content (AvgIpc) is 3.38. The molecule has 5 rings (SSSR count). The number of amides is 1. The van der Waals surface area contributed by atoms with Gasteiger partial charge in [0.1, 0.15) is 5.82 Å². The summed E-state index contributed by atoms with van der Waals surface area (Å²) >= 11 is 0. The lowest BCUT2D eigenvalue weighted by Crippen LogP contribution is -2.36. The summed E-state index contributed by atoms with van der Waals surface area (Å²) in [6.45, 7) is 1.65. The standard InChI is InChI=1S/C23H22FN3O4/c1-26-20-8-9-27(23(28)15-6-7-21-22(10-15)31-14-30-21)11-17(20)19(25-26)13-29-12-16-4-2-3-5-18(16)24/h2-7,10H,8-9,11-14H2,1H3. The van der Waals surface area contributed by atoms with Crippen LogP contribution in [0, 0.1) is 5.82 Å². The van der Waals surface area contributed by atoms with Crippen LogP contribution >= 0.6 is 0 Å². The largest absolute Gasteiger partial charge is 0.454 e. The smallest absolute Gasteiger partial charge is 0.254 e. The predicted octanol–water partition coefficient (Wildman–Crippen LogP) is 3.20. The number of halogens is 1. The Bertz CT molecular complexity index is 1140. The van der Waals surface area contributed by atoms with Crippen LogP contribution in [-0.4, -0.2) is 33.9 Å². The third-order valence-electron chi connectivity index (χ3n) is 5.69. The molecule has 8 heteroatoms. The zero-order chi connectivity index (χ0) is 21.4. The second-order valence-corrected chi connectivity index (χ2v) is 7.62. The van der Waals surface area contributed by atoms with E-state index in [0.717, 1.165) is 17.0 Å². The van der Waals surface area contributed by atoms with Gasteiger partial charge in [0.15, 0.2) is 11.5 Å². The van der Waals surface area contributed by atoms with Gasteiger partial charge in [0.25, 0.3) is 5.91 Å². The van der Waals surface area contributed by atoms with Crippen LogP contribution in [0.4, 0.5) is 4.39 Å². The summed E-state index contributed by atoms with van der Waals surface area (Å²) < 4.78 is 32.1. The molecular formula is C23H22FN3O4. The minimum absolute atomic E-state index is 0.0639. The molecule has 0 atom stereocenters. The van der Waals surface area contributed by atoms with Crippen LogP contribution in [0.15, 0.2) is 42.5 Å². The summed E-state index contributed by atoms with van der Waals surface area (Å²) in [5.74, 6) is 0.892. The summed E-state index contributed by atoms with van der Waals surface area (Å²) in [6.07, 6.45) is 0.711. The first-order valence-corrected chi connectivity index (χ1v) is 10.1. The van der Waals surface area contributed by atoms with Crippen molar-refractivity contribution >= 4 is 5.91 Å². The van der Waals surface area contributed by atoms with Crippen LogP contribution in [0.1, 0.15) is 32.9 Å². The van der Waals surface area contributed by atoms with Crippen molar-refractivity contribution in [2.75, 3.05) is 13.3 Å². The molecule has 1 aromatic heterocycles. The number of carbonyl (C=O) groups is 1. The zero-order valence-electron chi connectivity index (χ0n) is 17.1. The molecule has 0 saturated carbocycles. The Hall–Kier alpha value is -3.39. The van der Waals surface area contributed by atoms with Gasteiger partial charge in [0.2, 0.25) is 6.79 Å². The van der Waals surface area contributed by atoms with E-state index in [1.807, 2.05) is 16.6 Å². The molecule has 0 fully saturated rings. The molecule has 0 aliphatic carbocycles. The Morgan fingerprint density at radius 1 is 1.16 bits per heavy atom. The lowest BCUT2D eigenvalue weighted by Gasteiger charge is -2.28. The normalized spacial score (nSPS) is 14.6. The van der Waals surface area contributed by atoms with Crippen LogP contribution in [0.5, 0.6) is 11.5 Å². The summed E-state index contributed by atoms with van der Waals surface area (Å²) in [5.41, 5.74) is 3.94. The van der Waals surface area contributed by atoms with Gasteiger partial charge in [-0.1, -0.05) is 18.2 Å². The van der Waals surface area contributed by atoms with Crippen LogP contribution in [-0.2, 0) is 38.0 Å². The second kappa shape index (κ2) is 8.03. The van der Waals surface area contributed by atoms with E-state index in [0.29, 0.717) is 42.1 Å². The molecule has 0 radical (unpaired) electrons. The molecule has 1 amide bonds. The van der Waals surface area contributed by atoms with Crippen molar-refractivity contribution in [3.05, 3.63) is 76.4 Å². The summed E-state index contributed by atoms with van der Waals surface area (Å²) in [7, 11) is 1.90. The van der Waals surface area contributed by atoms with Crippen LogP contribution in [0.3, 0.4) is 0 Å². The highest BCUT2D eigenvalue weighted by molar-refractivity contribution is 5.95. The molecule has 7 nitrogen and oxygen atoms in total. The van der Waals surface area contributed by atoms with Crippen molar-refractivity contribution < 1.29 is 23.4 Å². The summed E-state index contributed by atoms with van der Waals surface area (Å²) in [4.78, 5) is 14.9. The van der Waals surface area contributed by atoms with Gasteiger partial charge >= 0.3 is 0 Å². The maximum atomic E-state index is 13.8. The maximum Gasteiger partial charge on any atom is 0.254 e. The maximum absolute atomic E-state index is 13.8. The van der Waals surface area contributed by atoms with Crippen LogP contribution in [0.2, 0.25) is 0 Å². The zero-order valence-corrected chi connectivity index (χ0v) is 17.1. The van der Waals surface area contributed by atoms with Gasteiger partial charge < -0.3 is 19.1 Å². The van der Waals surface area contributed by atoms with Crippen molar-refractivity contribution in [3.8, 4) is 11.5 Å². The number of fused-ring (bicyclic) bond motifs is 2. The van der Waals surface area contributed by atoms with Crippen molar-refractivity contribution in [3.63, 3.8) is 0 Å². The molecule has 2 aliphatic heterocycles. The number of hydrogen-bond acceptors (Lipinski definition) is 5. The first kappa shape index (κ1) is 19.6. The van der Waals surface area contributed by atoms with Gasteiger partial charge in [0.05, 0.1) is 18.9 Å². The van der Waals surface area contributed by atoms with Gasteiger partial charge in [-0.25, -0.2) is 4.39 Å². The number of carbonyl (C=O) groups excluding carboxylic acids is 1. The Morgan fingerprint density at radius 2 is 2.00 bits per heavy atom. The highest BCUT2D eigenvalue weighted by atomic mass is 19.1. The van der Waals surface area contributed by atoms with E-state index in [1.54, 1.807) is 36.4 Å². The van der Waals surface area contributed by atoms with Crippen molar-refractivity contribution in [2.45, 2.75) is 26.2 Å². The quantitative estimate of drug-likeness (QED) is 0.631. The number of benzene rings is 2. The SMILES string of the molecule is Cn1nc(COCc2ccccc2F)c2c1CCN(C(=O)c1ccc3c(c1)OCO3)C2. The minimum Gasteiger partial charge on any atom is -0.454 e. The fourth-order valence-electron chi connectivity index (χ4n) is 4.04. The van der Waals surface area contributed by atoms with Gasteiger partial charge in [-0.3, -0.25) is 9.48 Å². The first-order valence-electron chi connectivity index (χ1n) is 10.1. The fraction of sp³-hybridized carbons (Fsp3) is 0.304. The van der Waals surface area contributed by atoms with E-state index in [2.05, 4.69) is 5.10 Å². The monoisotopic (exact) mass is 423 g/mol. The van der Waals surface area contributed by atoms with Crippen molar-refractivity contribution in [1.82, 2.24) is 14.7 Å². The van der Waals surface area contributed by atoms with Crippen molar-refractivity contribution in [2.24, 2.45) is 7.05 Å². The molecular weight excluding hydrogens is 401 g/mol. The van der Waals surface area contributed by atoms with Gasteiger partial charge in [-0.2, -0.15) is 5.10 Å². The Balaban J connectivity index is 1.30. The molecule has 0 N–H and O–H groups in total. The highest BCUT2D eigenvalue weighted by Gasteiger charge is 2.28. The van der Waals surface area contributed by atoms with E-state index in [1.165, 1.54) is 6.07 Å². The Labute approximate surface area is 178 Å². The number of aromatic nitrogens is 2. The number of aryl methyl sites for hydroxylation is 1. The molecule has 3 aromatic rings. The second-order valence-electron chi connectivity index (χ2n) is 7.62. The number of ether oxygens (including phenoxy) is 3. The third-order valence-corrected chi connectivity index (χ3v) is 5.69. The molecule has 31 heavy (non-hydrogen) atoms. The van der Waals surface area contributed by atoms with Crippen molar-refractivity contribution in [1.29, 1.82) is 0 Å². The van der Waals surface area contributed by atoms with E-state index in [4.69, 9.17) is 14.2 Å². The lowest BCUT2D eigenvalue weighted by molar-refractivity contribution is 0.0727. The Kier molecular flexibility index (Phi) is 5.07. The molecule has 2 aromatic carbocycles. The molecule has 0 spiro atoms. The highest BCUT2D eigenvalue weighted by Crippen LogP contribution is 2.33. The molecule has 160 valence electrons. The van der Waals surface area contributed by atoms with Crippen LogP contribution in [0.25, 0.3) is 0 Å². The minimum atomic E-state index is -0.286. The average molecular weight is 423 g/mol. The molecule has 0 bridgehead atoms. The fourth-order valence-corrected chi connectivity index (χ4v) is 4.04. The van der Waals surface area contributed by atoms with E-state index < -0.39 is 0 Å². The van der Waals surface area contributed by atoms with Gasteiger partial charge in [-0.05, 0) is 24.3 Å². The topological polar surface area (TPSA) is 65.8 Å². The number of hydrogen-bond donors (Lipinski definition) is 0. The molecule has 3 heterocycles. The van der Waals surface area contributed by atoms with Gasteiger partial charge in [-0.15, -0.1) is 0 Å². The molecule has 0 unspecified atom stereocenters. The van der Waals surface area contributed by atoms with E-state index in [9.17, 15) is 9.18 Å². The van der Waals surface area contributed by atoms with E-state index in [-0.39, 0.29) is 31.7 Å².